The van der Waals surface area contributed by atoms with Gasteiger partial charge in [-0.25, -0.2) is 9.78 Å². The van der Waals surface area contributed by atoms with Gasteiger partial charge in [0.25, 0.3) is 5.91 Å². The second-order valence-electron chi connectivity index (χ2n) is 5.30. The highest BCUT2D eigenvalue weighted by Gasteiger charge is 2.20. The molecule has 2 rings (SSSR count). The third-order valence-corrected chi connectivity index (χ3v) is 3.94. The number of nitrogens with one attached hydrogen (secondary N) is 1. The molecule has 1 atom stereocenters. The predicted molar refractivity (Wildman–Crippen MR) is 100 cm³/mol. The van der Waals surface area contributed by atoms with Gasteiger partial charge >= 0.3 is 5.97 Å². The predicted octanol–water partition coefficient (Wildman–Crippen LogP) is 4.30. The summed E-state index contributed by atoms with van der Waals surface area (Å²) in [7, 11) is 0. The number of anilines is 1. The number of pyridine rings is 1. The van der Waals surface area contributed by atoms with Gasteiger partial charge in [0, 0.05) is 11.2 Å². The summed E-state index contributed by atoms with van der Waals surface area (Å²) in [6, 6.07) is 6.44. The molecule has 1 aromatic heterocycles. The molecule has 0 aliphatic rings. The van der Waals surface area contributed by atoms with Crippen LogP contribution in [0.2, 0.25) is 15.1 Å². The van der Waals surface area contributed by atoms with Gasteiger partial charge in [-0.2, -0.15) is 0 Å². The van der Waals surface area contributed by atoms with Gasteiger partial charge in [0.1, 0.15) is 5.75 Å². The van der Waals surface area contributed by atoms with Crippen molar-refractivity contribution in [2.24, 2.45) is 0 Å². The minimum absolute atomic E-state index is 0.122. The van der Waals surface area contributed by atoms with Crippen molar-refractivity contribution >= 4 is 52.5 Å². The molecule has 2 aromatic rings. The molecule has 9 heteroatoms. The van der Waals surface area contributed by atoms with Crippen molar-refractivity contribution in [1.82, 2.24) is 4.98 Å². The molecule has 0 fully saturated rings. The molecule has 138 valence electrons. The maximum absolute atomic E-state index is 12.1. The van der Waals surface area contributed by atoms with Crippen LogP contribution in [0.5, 0.6) is 5.75 Å². The lowest BCUT2D eigenvalue weighted by molar-refractivity contribution is -0.155. The molecule has 0 aliphatic carbocycles. The zero-order valence-corrected chi connectivity index (χ0v) is 16.2. The second-order valence-corrected chi connectivity index (χ2v) is 6.58. The number of aromatic nitrogens is 1. The first-order chi connectivity index (χ1) is 12.3. The molecule has 26 heavy (non-hydrogen) atoms. The number of amides is 1. The number of carbonyl (C=O) groups excluding carboxylic acids is 2. The van der Waals surface area contributed by atoms with Crippen molar-refractivity contribution in [3.05, 3.63) is 51.1 Å². The van der Waals surface area contributed by atoms with Crippen LogP contribution in [0.4, 0.5) is 5.82 Å². The average Bonchev–Trinajstić information content (AvgIpc) is 2.56. The fourth-order valence-corrected chi connectivity index (χ4v) is 2.58. The summed E-state index contributed by atoms with van der Waals surface area (Å²) in [6.07, 6.45) is 0.271. The minimum Gasteiger partial charge on any atom is -0.482 e. The summed E-state index contributed by atoms with van der Waals surface area (Å²) in [6.45, 7) is 2.87. The summed E-state index contributed by atoms with van der Waals surface area (Å²) in [5.74, 6) is -0.660. The lowest BCUT2D eigenvalue weighted by atomic mass is 10.2. The van der Waals surface area contributed by atoms with Gasteiger partial charge in [-0.05, 0) is 43.7 Å². The fraction of sp³-hybridized carbons (Fsp3) is 0.235. The molecule has 1 aromatic carbocycles. The number of carbonyl (C=O) groups is 2. The van der Waals surface area contributed by atoms with Gasteiger partial charge in [0.05, 0.1) is 10.0 Å². The van der Waals surface area contributed by atoms with Crippen LogP contribution in [-0.4, -0.2) is 29.6 Å². The van der Waals surface area contributed by atoms with E-state index in [1.807, 2.05) is 0 Å². The topological polar surface area (TPSA) is 77.5 Å². The Balaban J connectivity index is 1.86. The van der Waals surface area contributed by atoms with E-state index < -0.39 is 18.0 Å². The first-order valence-electron chi connectivity index (χ1n) is 7.46. The first kappa shape index (κ1) is 20.3. The largest absolute Gasteiger partial charge is 0.482 e. The van der Waals surface area contributed by atoms with Crippen LogP contribution in [0.25, 0.3) is 0 Å². The van der Waals surface area contributed by atoms with Gasteiger partial charge < -0.3 is 14.8 Å². The number of hydrogen-bond donors (Lipinski definition) is 1. The molecule has 0 radical (unpaired) electrons. The number of esters is 1. The first-order valence-corrected chi connectivity index (χ1v) is 8.60. The monoisotopic (exact) mass is 416 g/mol. The van der Waals surface area contributed by atoms with E-state index in [2.05, 4.69) is 10.3 Å². The molecule has 1 heterocycles. The van der Waals surface area contributed by atoms with Crippen molar-refractivity contribution in [3.63, 3.8) is 0 Å². The van der Waals surface area contributed by atoms with E-state index in [1.165, 1.54) is 19.2 Å². The molecule has 1 amide bonds. The normalized spacial score (nSPS) is 11.6. The van der Waals surface area contributed by atoms with Gasteiger partial charge in [-0.15, -0.1) is 0 Å². The molecule has 0 bridgehead atoms. The highest BCUT2D eigenvalue weighted by atomic mass is 35.5. The summed E-state index contributed by atoms with van der Waals surface area (Å²) >= 11 is 17.5. The number of ether oxygens (including phenoxy) is 2. The van der Waals surface area contributed by atoms with E-state index in [0.717, 1.165) is 5.56 Å². The van der Waals surface area contributed by atoms with Crippen LogP contribution in [0.1, 0.15) is 12.5 Å². The number of nitrogens with zero attached hydrogens (tertiary/aromatic N) is 1. The van der Waals surface area contributed by atoms with Crippen LogP contribution in [0, 0.1) is 6.92 Å². The molecule has 1 N–H and O–H groups in total. The minimum atomic E-state index is -1.06. The van der Waals surface area contributed by atoms with Crippen molar-refractivity contribution < 1.29 is 19.1 Å². The SMILES string of the molecule is Cc1cc(Cl)ccc1OCC(=O)OC(C)C(=O)Nc1ncc(Cl)cc1Cl. The highest BCUT2D eigenvalue weighted by Crippen LogP contribution is 2.23. The Labute approximate surface area is 165 Å². The van der Waals surface area contributed by atoms with Crippen LogP contribution < -0.4 is 10.1 Å². The number of benzene rings is 1. The molecular formula is C17H15Cl3N2O4. The Kier molecular flexibility index (Phi) is 7.08. The molecule has 6 nitrogen and oxygen atoms in total. The summed E-state index contributed by atoms with van der Waals surface area (Å²) < 4.78 is 10.4. The van der Waals surface area contributed by atoms with E-state index in [-0.39, 0.29) is 17.4 Å². The quantitative estimate of drug-likeness (QED) is 0.709. The maximum Gasteiger partial charge on any atom is 0.344 e. The number of hydrogen-bond acceptors (Lipinski definition) is 5. The van der Waals surface area contributed by atoms with Gasteiger partial charge in [0.2, 0.25) is 0 Å². The molecule has 1 unspecified atom stereocenters. The summed E-state index contributed by atoms with van der Waals surface area (Å²) in [5, 5.41) is 3.53. The molecule has 0 saturated heterocycles. The zero-order valence-electron chi connectivity index (χ0n) is 13.9. The van der Waals surface area contributed by atoms with Crippen LogP contribution in [-0.2, 0) is 14.3 Å². The van der Waals surface area contributed by atoms with Crippen molar-refractivity contribution in [2.45, 2.75) is 20.0 Å². The summed E-state index contributed by atoms with van der Waals surface area (Å²) in [5.41, 5.74) is 0.777. The maximum atomic E-state index is 12.1. The van der Waals surface area contributed by atoms with Crippen molar-refractivity contribution in [1.29, 1.82) is 0 Å². The van der Waals surface area contributed by atoms with E-state index in [0.29, 0.717) is 15.8 Å². The van der Waals surface area contributed by atoms with E-state index in [9.17, 15) is 9.59 Å². The van der Waals surface area contributed by atoms with Crippen LogP contribution >= 0.6 is 34.8 Å². The van der Waals surface area contributed by atoms with Crippen LogP contribution in [0.3, 0.4) is 0 Å². The Morgan fingerprint density at radius 1 is 1.19 bits per heavy atom. The number of aryl methyl sites for hydroxylation is 1. The molecule has 0 aliphatic heterocycles. The van der Waals surface area contributed by atoms with E-state index in [4.69, 9.17) is 44.3 Å². The lowest BCUT2D eigenvalue weighted by Gasteiger charge is -2.14. The Morgan fingerprint density at radius 3 is 2.58 bits per heavy atom. The average molecular weight is 418 g/mol. The van der Waals surface area contributed by atoms with Gasteiger partial charge in [0.15, 0.2) is 18.5 Å². The number of rotatable bonds is 6. The van der Waals surface area contributed by atoms with Crippen LogP contribution in [0.15, 0.2) is 30.5 Å². The van der Waals surface area contributed by atoms with Gasteiger partial charge in [-0.3, -0.25) is 4.79 Å². The smallest absolute Gasteiger partial charge is 0.344 e. The third-order valence-electron chi connectivity index (χ3n) is 3.21. The Bertz CT molecular complexity index is 830. The van der Waals surface area contributed by atoms with Gasteiger partial charge in [-0.1, -0.05) is 34.8 Å². The molecule has 0 saturated carbocycles. The molecular weight excluding hydrogens is 403 g/mol. The van der Waals surface area contributed by atoms with Crippen molar-refractivity contribution in [3.8, 4) is 5.75 Å². The van der Waals surface area contributed by atoms with Crippen molar-refractivity contribution in [2.75, 3.05) is 11.9 Å². The fourth-order valence-electron chi connectivity index (χ4n) is 1.92. The number of halogens is 3. The lowest BCUT2D eigenvalue weighted by Crippen LogP contribution is -2.32. The molecule has 0 spiro atoms. The Hall–Kier alpha value is -2.02. The third kappa shape index (κ3) is 5.76. The highest BCUT2D eigenvalue weighted by molar-refractivity contribution is 6.36. The standard InChI is InChI=1S/C17H15Cl3N2O4/c1-9-5-11(18)3-4-14(9)25-8-15(23)26-10(2)17(24)22-16-13(20)6-12(19)7-21-16/h3-7,10H,8H2,1-2H3,(H,21,22,24). The van der Waals surface area contributed by atoms with E-state index >= 15 is 0 Å². The Morgan fingerprint density at radius 2 is 1.92 bits per heavy atom. The summed E-state index contributed by atoms with van der Waals surface area (Å²) in [4.78, 5) is 27.8. The zero-order chi connectivity index (χ0) is 19.3. The second kappa shape index (κ2) is 9.07. The van der Waals surface area contributed by atoms with E-state index in [1.54, 1.807) is 25.1 Å².